The molecular formula is C20H20O5. The molecule has 0 fully saturated rings. The summed E-state index contributed by atoms with van der Waals surface area (Å²) in [6.07, 6.45) is 1.14. The second-order valence-corrected chi connectivity index (χ2v) is 6.31. The summed E-state index contributed by atoms with van der Waals surface area (Å²) >= 11 is 0. The van der Waals surface area contributed by atoms with E-state index < -0.39 is 17.5 Å². The molecular weight excluding hydrogens is 320 g/mol. The topological polar surface area (TPSA) is 61.8 Å². The van der Waals surface area contributed by atoms with Crippen LogP contribution in [0.25, 0.3) is 0 Å². The highest BCUT2D eigenvalue weighted by Crippen LogP contribution is 2.39. The van der Waals surface area contributed by atoms with Crippen LogP contribution in [0.3, 0.4) is 0 Å². The fourth-order valence-electron chi connectivity index (χ4n) is 2.95. The molecule has 1 heterocycles. The largest absolute Gasteiger partial charge is 0.475 e. The van der Waals surface area contributed by atoms with E-state index >= 15 is 0 Å². The van der Waals surface area contributed by atoms with Crippen LogP contribution in [0.2, 0.25) is 0 Å². The minimum atomic E-state index is -0.991. The van der Waals surface area contributed by atoms with Crippen LogP contribution in [0.1, 0.15) is 34.8 Å². The summed E-state index contributed by atoms with van der Waals surface area (Å²) in [5, 5.41) is 0. The zero-order chi connectivity index (χ0) is 18.0. The molecule has 0 N–H and O–H groups in total. The lowest BCUT2D eigenvalue weighted by atomic mass is 9.91. The van der Waals surface area contributed by atoms with Crippen LogP contribution >= 0.6 is 0 Å². The molecule has 0 bridgehead atoms. The molecule has 1 atom stereocenters. The minimum absolute atomic E-state index is 0.392. The van der Waals surface area contributed by atoms with Crippen LogP contribution in [-0.2, 0) is 16.0 Å². The molecule has 0 saturated heterocycles. The molecule has 3 rings (SSSR count). The van der Waals surface area contributed by atoms with E-state index in [1.165, 1.54) is 7.11 Å². The zero-order valence-electron chi connectivity index (χ0n) is 14.5. The van der Waals surface area contributed by atoms with Crippen molar-refractivity contribution in [1.29, 1.82) is 0 Å². The minimum Gasteiger partial charge on any atom is -0.475 e. The van der Waals surface area contributed by atoms with E-state index in [0.717, 1.165) is 11.1 Å². The fourth-order valence-corrected chi connectivity index (χ4v) is 2.95. The summed E-state index contributed by atoms with van der Waals surface area (Å²) in [5.41, 5.74) is 1.22. The Bertz CT molecular complexity index is 812. The Morgan fingerprint density at radius 1 is 1.16 bits per heavy atom. The SMILES string of the molecule is COC(=O)C1(C)CCc2cc(OC(=O)c3ccccc3)cc(C)c2O1. The molecule has 0 aliphatic carbocycles. The van der Waals surface area contributed by atoms with Crippen molar-refractivity contribution < 1.29 is 23.8 Å². The molecule has 5 nitrogen and oxygen atoms in total. The molecule has 0 radical (unpaired) electrons. The molecule has 0 aromatic heterocycles. The van der Waals surface area contributed by atoms with Crippen molar-refractivity contribution in [3.8, 4) is 11.5 Å². The quantitative estimate of drug-likeness (QED) is 0.632. The summed E-state index contributed by atoms with van der Waals surface area (Å²) in [7, 11) is 1.35. The third-order valence-electron chi connectivity index (χ3n) is 4.36. The summed E-state index contributed by atoms with van der Waals surface area (Å²) < 4.78 is 16.3. The van der Waals surface area contributed by atoms with Crippen LogP contribution < -0.4 is 9.47 Å². The first kappa shape index (κ1) is 17.0. The summed E-state index contributed by atoms with van der Waals surface area (Å²) in [6, 6.07) is 12.4. The number of aryl methyl sites for hydroxylation is 2. The van der Waals surface area contributed by atoms with Gasteiger partial charge in [0.15, 0.2) is 0 Å². The Labute approximate surface area is 146 Å². The maximum atomic E-state index is 12.2. The maximum Gasteiger partial charge on any atom is 0.349 e. The highest BCUT2D eigenvalue weighted by atomic mass is 16.6. The number of hydrogen-bond donors (Lipinski definition) is 0. The van der Waals surface area contributed by atoms with E-state index in [2.05, 4.69) is 0 Å². The van der Waals surface area contributed by atoms with Gasteiger partial charge in [-0.25, -0.2) is 9.59 Å². The van der Waals surface area contributed by atoms with Gasteiger partial charge in [0.05, 0.1) is 12.7 Å². The standard InChI is InChI=1S/C20H20O5/c1-13-11-16(24-18(21)14-7-5-4-6-8-14)12-15-9-10-20(2,19(22)23-3)25-17(13)15/h4-8,11-12H,9-10H2,1-3H3. The number of hydrogen-bond acceptors (Lipinski definition) is 5. The van der Waals surface area contributed by atoms with Gasteiger partial charge in [-0.1, -0.05) is 18.2 Å². The van der Waals surface area contributed by atoms with Crippen LogP contribution in [0, 0.1) is 6.92 Å². The van der Waals surface area contributed by atoms with Gasteiger partial charge in [0.1, 0.15) is 11.5 Å². The van der Waals surface area contributed by atoms with Gasteiger partial charge in [-0.05, 0) is 55.7 Å². The molecule has 0 amide bonds. The zero-order valence-corrected chi connectivity index (χ0v) is 14.5. The summed E-state index contributed by atoms with van der Waals surface area (Å²) in [4.78, 5) is 24.2. The molecule has 0 spiro atoms. The fraction of sp³-hybridized carbons (Fsp3) is 0.300. The normalized spacial score (nSPS) is 18.7. The predicted octanol–water partition coefficient (Wildman–Crippen LogP) is 3.47. The number of benzene rings is 2. The number of carbonyl (C=O) groups is 2. The molecule has 1 unspecified atom stereocenters. The van der Waals surface area contributed by atoms with Crippen molar-refractivity contribution in [3.05, 3.63) is 59.2 Å². The molecule has 2 aromatic carbocycles. The second kappa shape index (κ2) is 6.59. The van der Waals surface area contributed by atoms with Crippen LogP contribution in [-0.4, -0.2) is 24.6 Å². The molecule has 2 aromatic rings. The molecule has 25 heavy (non-hydrogen) atoms. The van der Waals surface area contributed by atoms with E-state index in [1.54, 1.807) is 43.3 Å². The molecule has 130 valence electrons. The number of methoxy groups -OCH3 is 1. The van der Waals surface area contributed by atoms with Gasteiger partial charge in [-0.15, -0.1) is 0 Å². The third kappa shape index (κ3) is 3.36. The van der Waals surface area contributed by atoms with E-state index in [4.69, 9.17) is 14.2 Å². The first-order valence-electron chi connectivity index (χ1n) is 8.11. The van der Waals surface area contributed by atoms with Crippen molar-refractivity contribution in [2.75, 3.05) is 7.11 Å². The number of rotatable bonds is 3. The Hall–Kier alpha value is -2.82. The molecule has 0 saturated carbocycles. The van der Waals surface area contributed by atoms with Gasteiger partial charge < -0.3 is 14.2 Å². The number of esters is 2. The number of ether oxygens (including phenoxy) is 3. The number of carbonyl (C=O) groups excluding carboxylic acids is 2. The van der Waals surface area contributed by atoms with Gasteiger partial charge in [0.25, 0.3) is 0 Å². The van der Waals surface area contributed by atoms with Crippen LogP contribution in [0.15, 0.2) is 42.5 Å². The first-order chi connectivity index (χ1) is 11.9. The van der Waals surface area contributed by atoms with Crippen molar-refractivity contribution >= 4 is 11.9 Å². The predicted molar refractivity (Wildman–Crippen MR) is 91.9 cm³/mol. The Kier molecular flexibility index (Phi) is 4.49. The molecule has 1 aliphatic heterocycles. The van der Waals surface area contributed by atoms with Crippen molar-refractivity contribution in [1.82, 2.24) is 0 Å². The lowest BCUT2D eigenvalue weighted by Gasteiger charge is -2.34. The lowest BCUT2D eigenvalue weighted by molar-refractivity contribution is -0.159. The van der Waals surface area contributed by atoms with E-state index in [-0.39, 0.29) is 0 Å². The Morgan fingerprint density at radius 2 is 1.88 bits per heavy atom. The van der Waals surface area contributed by atoms with Crippen LogP contribution in [0.5, 0.6) is 11.5 Å². The Balaban J connectivity index is 1.84. The second-order valence-electron chi connectivity index (χ2n) is 6.31. The van der Waals surface area contributed by atoms with Gasteiger partial charge in [0.2, 0.25) is 5.60 Å². The first-order valence-corrected chi connectivity index (χ1v) is 8.11. The average Bonchev–Trinajstić information content (AvgIpc) is 2.62. The highest BCUT2D eigenvalue weighted by Gasteiger charge is 2.40. The molecule has 1 aliphatic rings. The Morgan fingerprint density at radius 3 is 2.56 bits per heavy atom. The monoisotopic (exact) mass is 340 g/mol. The van der Waals surface area contributed by atoms with Gasteiger partial charge in [-0.3, -0.25) is 0 Å². The summed E-state index contributed by atoms with van der Waals surface area (Å²) in [5.74, 6) is 0.322. The van der Waals surface area contributed by atoms with Crippen LogP contribution in [0.4, 0.5) is 0 Å². The van der Waals surface area contributed by atoms with Crippen molar-refractivity contribution in [3.63, 3.8) is 0 Å². The van der Waals surface area contributed by atoms with Crippen molar-refractivity contribution in [2.24, 2.45) is 0 Å². The van der Waals surface area contributed by atoms with Gasteiger partial charge >= 0.3 is 11.9 Å². The highest BCUT2D eigenvalue weighted by molar-refractivity contribution is 5.91. The summed E-state index contributed by atoms with van der Waals surface area (Å²) in [6.45, 7) is 3.59. The van der Waals surface area contributed by atoms with Gasteiger partial charge in [0, 0.05) is 6.42 Å². The third-order valence-corrected chi connectivity index (χ3v) is 4.36. The maximum absolute atomic E-state index is 12.2. The van der Waals surface area contributed by atoms with E-state index in [0.29, 0.717) is 29.9 Å². The van der Waals surface area contributed by atoms with Crippen molar-refractivity contribution in [2.45, 2.75) is 32.3 Å². The number of fused-ring (bicyclic) bond motifs is 1. The van der Waals surface area contributed by atoms with E-state index in [9.17, 15) is 9.59 Å². The van der Waals surface area contributed by atoms with E-state index in [1.807, 2.05) is 13.0 Å². The van der Waals surface area contributed by atoms with Gasteiger partial charge in [-0.2, -0.15) is 0 Å². The average molecular weight is 340 g/mol. The lowest BCUT2D eigenvalue weighted by Crippen LogP contribution is -2.45. The molecule has 5 heteroatoms. The smallest absolute Gasteiger partial charge is 0.349 e.